The van der Waals surface area contributed by atoms with Gasteiger partial charge in [0.2, 0.25) is 0 Å². The summed E-state index contributed by atoms with van der Waals surface area (Å²) in [6.07, 6.45) is 3.52. The molecular weight excluding hydrogens is 376 g/mol. The topological polar surface area (TPSA) is 44.8 Å². The number of ether oxygens (including phenoxy) is 3. The number of carbonyl (C=O) groups excluding carboxylic acids is 1. The van der Waals surface area contributed by atoms with E-state index >= 15 is 0 Å². The molecule has 0 aliphatic carbocycles. The van der Waals surface area contributed by atoms with Crippen LogP contribution in [0.15, 0.2) is 42.5 Å². The van der Waals surface area contributed by atoms with E-state index in [1.807, 2.05) is 45.9 Å². The van der Waals surface area contributed by atoms with Gasteiger partial charge in [0.25, 0.3) is 0 Å². The first kappa shape index (κ1) is 23.5. The molecule has 2 aromatic carbocycles. The summed E-state index contributed by atoms with van der Waals surface area (Å²) in [5.74, 6) is 2.16. The first-order valence-electron chi connectivity index (χ1n) is 10.4. The quantitative estimate of drug-likeness (QED) is 0.370. The molecule has 30 heavy (non-hydrogen) atoms. The van der Waals surface area contributed by atoms with Crippen molar-refractivity contribution in [1.82, 2.24) is 0 Å². The largest absolute Gasteiger partial charge is 0.497 e. The van der Waals surface area contributed by atoms with E-state index in [4.69, 9.17) is 14.2 Å². The predicted octanol–water partition coefficient (Wildman–Crippen LogP) is 6.46. The lowest BCUT2D eigenvalue weighted by Gasteiger charge is -2.27. The molecule has 4 heteroatoms. The zero-order valence-electron chi connectivity index (χ0n) is 19.4. The summed E-state index contributed by atoms with van der Waals surface area (Å²) in [5.41, 5.74) is 2.39. The minimum absolute atomic E-state index is 0.0261. The van der Waals surface area contributed by atoms with Crippen molar-refractivity contribution in [2.24, 2.45) is 0 Å². The van der Waals surface area contributed by atoms with E-state index in [1.165, 1.54) is 0 Å². The van der Waals surface area contributed by atoms with Crippen molar-refractivity contribution < 1.29 is 19.0 Å². The van der Waals surface area contributed by atoms with Gasteiger partial charge < -0.3 is 14.2 Å². The van der Waals surface area contributed by atoms with E-state index in [0.29, 0.717) is 5.56 Å². The maximum atomic E-state index is 12.7. The van der Waals surface area contributed by atoms with Gasteiger partial charge in [0, 0.05) is 17.2 Å². The molecule has 0 aliphatic heterocycles. The van der Waals surface area contributed by atoms with Crippen LogP contribution < -0.4 is 14.2 Å². The van der Waals surface area contributed by atoms with Crippen LogP contribution in [-0.2, 0) is 5.41 Å². The summed E-state index contributed by atoms with van der Waals surface area (Å²) < 4.78 is 17.3. The lowest BCUT2D eigenvalue weighted by atomic mass is 9.82. The lowest BCUT2D eigenvalue weighted by molar-refractivity contribution is 0.104. The minimum Gasteiger partial charge on any atom is -0.497 e. The summed E-state index contributed by atoms with van der Waals surface area (Å²) in [5, 5.41) is 0. The molecule has 0 unspecified atom stereocenters. The van der Waals surface area contributed by atoms with E-state index in [2.05, 4.69) is 20.8 Å². The smallest absolute Gasteiger partial charge is 0.185 e. The molecule has 0 aromatic heterocycles. The minimum atomic E-state index is -0.177. The lowest BCUT2D eigenvalue weighted by Crippen LogP contribution is -2.18. The summed E-state index contributed by atoms with van der Waals surface area (Å²) in [6.45, 7) is 14.4. The number of methoxy groups -OCH3 is 1. The summed E-state index contributed by atoms with van der Waals surface area (Å²) in [4.78, 5) is 12.7. The third-order valence-electron chi connectivity index (χ3n) is 4.38. The van der Waals surface area contributed by atoms with Crippen LogP contribution in [-0.4, -0.2) is 25.1 Å². The Labute approximate surface area is 180 Å². The fourth-order valence-electron chi connectivity index (χ4n) is 3.25. The van der Waals surface area contributed by atoms with Crippen molar-refractivity contribution in [3.63, 3.8) is 0 Å². The SMILES string of the molecule is COc1ccc(C(=O)C=Cc2cc(OC(C)C)cc(OC(C)C)c2C(C)(C)C)cc1. The van der Waals surface area contributed by atoms with Gasteiger partial charge in [-0.1, -0.05) is 26.8 Å². The summed E-state index contributed by atoms with van der Waals surface area (Å²) in [6, 6.07) is 11.0. The number of carbonyl (C=O) groups is 1. The summed E-state index contributed by atoms with van der Waals surface area (Å²) >= 11 is 0. The monoisotopic (exact) mass is 410 g/mol. The third kappa shape index (κ3) is 6.38. The standard InChI is InChI=1S/C26H34O4/c1-17(2)29-22-15-20(25(26(5,6)7)24(16-22)30-18(3)4)11-14-23(27)19-9-12-21(28-8)13-10-19/h9-18H,1-8H3. The molecule has 0 amide bonds. The van der Waals surface area contributed by atoms with Crippen LogP contribution in [0.2, 0.25) is 0 Å². The van der Waals surface area contributed by atoms with Crippen LogP contribution in [0.25, 0.3) is 6.08 Å². The van der Waals surface area contributed by atoms with Crippen molar-refractivity contribution in [2.45, 2.75) is 66.1 Å². The van der Waals surface area contributed by atoms with Crippen molar-refractivity contribution in [3.05, 3.63) is 59.2 Å². The highest BCUT2D eigenvalue weighted by Crippen LogP contribution is 2.39. The molecule has 0 saturated carbocycles. The average molecular weight is 411 g/mol. The van der Waals surface area contributed by atoms with E-state index in [1.54, 1.807) is 37.5 Å². The molecule has 0 atom stereocenters. The fourth-order valence-corrected chi connectivity index (χ4v) is 3.25. The Kier molecular flexibility index (Phi) is 7.71. The third-order valence-corrected chi connectivity index (χ3v) is 4.38. The molecular formula is C26H34O4. The number of allylic oxidation sites excluding steroid dienone is 1. The average Bonchev–Trinajstić information content (AvgIpc) is 2.63. The second-order valence-corrected chi connectivity index (χ2v) is 8.89. The summed E-state index contributed by atoms with van der Waals surface area (Å²) in [7, 11) is 1.60. The molecule has 0 aliphatic rings. The van der Waals surface area contributed by atoms with Crippen molar-refractivity contribution >= 4 is 11.9 Å². The first-order valence-corrected chi connectivity index (χ1v) is 10.4. The molecule has 0 bridgehead atoms. The van der Waals surface area contributed by atoms with Crippen molar-refractivity contribution in [2.75, 3.05) is 7.11 Å². The number of hydrogen-bond donors (Lipinski definition) is 0. The highest BCUT2D eigenvalue weighted by Gasteiger charge is 2.24. The molecule has 0 radical (unpaired) electrons. The molecule has 2 aromatic rings. The van der Waals surface area contributed by atoms with Gasteiger partial charge in [0.1, 0.15) is 17.2 Å². The first-order chi connectivity index (χ1) is 14.0. The van der Waals surface area contributed by atoms with Gasteiger partial charge in [-0.3, -0.25) is 4.79 Å². The van der Waals surface area contributed by atoms with Gasteiger partial charge in [-0.15, -0.1) is 0 Å². The highest BCUT2D eigenvalue weighted by atomic mass is 16.5. The number of ketones is 1. The Morgan fingerprint density at radius 1 is 0.900 bits per heavy atom. The van der Waals surface area contributed by atoms with Crippen LogP contribution in [0.1, 0.15) is 70.0 Å². The van der Waals surface area contributed by atoms with Crippen molar-refractivity contribution in [1.29, 1.82) is 0 Å². The molecule has 0 N–H and O–H groups in total. The van der Waals surface area contributed by atoms with Gasteiger partial charge >= 0.3 is 0 Å². The van der Waals surface area contributed by atoms with E-state index in [0.717, 1.165) is 28.4 Å². The van der Waals surface area contributed by atoms with Crippen LogP contribution in [0.4, 0.5) is 0 Å². The van der Waals surface area contributed by atoms with Gasteiger partial charge in [0.05, 0.1) is 19.3 Å². The van der Waals surface area contributed by atoms with Gasteiger partial charge in [-0.2, -0.15) is 0 Å². The zero-order chi connectivity index (χ0) is 22.5. The molecule has 0 heterocycles. The second kappa shape index (κ2) is 9.84. The van der Waals surface area contributed by atoms with Gasteiger partial charge in [0.15, 0.2) is 5.78 Å². The van der Waals surface area contributed by atoms with E-state index in [-0.39, 0.29) is 23.4 Å². The maximum Gasteiger partial charge on any atom is 0.185 e. The van der Waals surface area contributed by atoms with E-state index < -0.39 is 0 Å². The molecule has 162 valence electrons. The Morgan fingerprint density at radius 3 is 2.00 bits per heavy atom. The van der Waals surface area contributed by atoms with Crippen molar-refractivity contribution in [3.8, 4) is 17.2 Å². The fraction of sp³-hybridized carbons (Fsp3) is 0.423. The Hall–Kier alpha value is -2.75. The second-order valence-electron chi connectivity index (χ2n) is 8.89. The zero-order valence-corrected chi connectivity index (χ0v) is 19.4. The highest BCUT2D eigenvalue weighted by molar-refractivity contribution is 6.07. The maximum absolute atomic E-state index is 12.7. The van der Waals surface area contributed by atoms with Crippen LogP contribution >= 0.6 is 0 Å². The van der Waals surface area contributed by atoms with Crippen LogP contribution in [0.3, 0.4) is 0 Å². The Morgan fingerprint density at radius 2 is 1.50 bits per heavy atom. The normalized spacial score (nSPS) is 11.9. The van der Waals surface area contributed by atoms with Gasteiger partial charge in [-0.05, 0) is 75.1 Å². The van der Waals surface area contributed by atoms with E-state index in [9.17, 15) is 4.79 Å². The Bertz CT molecular complexity index is 884. The van der Waals surface area contributed by atoms with Gasteiger partial charge in [-0.25, -0.2) is 0 Å². The predicted molar refractivity (Wildman–Crippen MR) is 123 cm³/mol. The number of benzene rings is 2. The molecule has 4 nitrogen and oxygen atoms in total. The molecule has 2 rings (SSSR count). The molecule has 0 saturated heterocycles. The number of hydrogen-bond acceptors (Lipinski definition) is 4. The van der Waals surface area contributed by atoms with Crippen LogP contribution in [0.5, 0.6) is 17.2 Å². The van der Waals surface area contributed by atoms with Crippen LogP contribution in [0, 0.1) is 0 Å². The Balaban J connectivity index is 2.51. The molecule has 0 spiro atoms. The molecule has 0 fully saturated rings. The number of rotatable bonds is 8.